The van der Waals surface area contributed by atoms with Gasteiger partial charge in [0.05, 0.1) is 4.34 Å². The van der Waals surface area contributed by atoms with Crippen LogP contribution in [0.1, 0.15) is 55.5 Å². The standard InChI is InChI=1S/C13H20ClNS/c1-2-3-4-5-8-15-11-6-7-12-10(11)9-13(14)16-12/h9,11,15H,2-8H2,1H3. The fourth-order valence-corrected chi connectivity index (χ4v) is 3.73. The summed E-state index contributed by atoms with van der Waals surface area (Å²) in [6.07, 6.45) is 7.80. The second kappa shape index (κ2) is 6.04. The minimum Gasteiger partial charge on any atom is -0.310 e. The minimum absolute atomic E-state index is 0.570. The zero-order valence-corrected chi connectivity index (χ0v) is 11.5. The first-order chi connectivity index (χ1) is 7.81. The quantitative estimate of drug-likeness (QED) is 0.737. The van der Waals surface area contributed by atoms with Crippen LogP contribution in [0, 0.1) is 0 Å². The van der Waals surface area contributed by atoms with Gasteiger partial charge in [0.25, 0.3) is 0 Å². The Kier molecular flexibility index (Phi) is 4.68. The van der Waals surface area contributed by atoms with Crippen LogP contribution in [0.15, 0.2) is 6.07 Å². The van der Waals surface area contributed by atoms with Gasteiger partial charge in [0.15, 0.2) is 0 Å². The second-order valence-electron chi connectivity index (χ2n) is 4.54. The number of rotatable bonds is 6. The Bertz CT molecular complexity index is 335. The van der Waals surface area contributed by atoms with Crippen LogP contribution < -0.4 is 5.32 Å². The predicted octanol–water partition coefficient (Wildman–Crippen LogP) is 4.56. The van der Waals surface area contributed by atoms with Gasteiger partial charge in [-0.25, -0.2) is 0 Å². The van der Waals surface area contributed by atoms with Crippen LogP contribution >= 0.6 is 22.9 Å². The average molecular weight is 258 g/mol. The number of fused-ring (bicyclic) bond motifs is 1. The molecule has 0 amide bonds. The van der Waals surface area contributed by atoms with E-state index in [0.29, 0.717) is 6.04 Å². The highest BCUT2D eigenvalue weighted by atomic mass is 35.5. The maximum atomic E-state index is 6.04. The van der Waals surface area contributed by atoms with E-state index in [1.165, 1.54) is 49.0 Å². The van der Waals surface area contributed by atoms with Crippen molar-refractivity contribution in [1.29, 1.82) is 0 Å². The van der Waals surface area contributed by atoms with Gasteiger partial charge in [-0.15, -0.1) is 11.3 Å². The molecule has 0 aliphatic heterocycles. The Hall–Kier alpha value is -0.0500. The number of hydrogen-bond acceptors (Lipinski definition) is 2. The molecule has 0 saturated heterocycles. The van der Waals surface area contributed by atoms with Gasteiger partial charge >= 0.3 is 0 Å². The number of halogens is 1. The van der Waals surface area contributed by atoms with Crippen LogP contribution in [-0.2, 0) is 6.42 Å². The monoisotopic (exact) mass is 257 g/mol. The topological polar surface area (TPSA) is 12.0 Å². The first-order valence-corrected chi connectivity index (χ1v) is 7.52. The van der Waals surface area contributed by atoms with Crippen molar-refractivity contribution >= 4 is 22.9 Å². The predicted molar refractivity (Wildman–Crippen MR) is 72.5 cm³/mol. The lowest BCUT2D eigenvalue weighted by Crippen LogP contribution is -2.20. The third kappa shape index (κ3) is 2.99. The van der Waals surface area contributed by atoms with Crippen molar-refractivity contribution in [3.8, 4) is 0 Å². The molecule has 16 heavy (non-hydrogen) atoms. The van der Waals surface area contributed by atoms with Crippen molar-refractivity contribution in [3.63, 3.8) is 0 Å². The highest BCUT2D eigenvalue weighted by molar-refractivity contribution is 7.16. The molecule has 0 saturated carbocycles. The Morgan fingerprint density at radius 1 is 1.44 bits per heavy atom. The number of nitrogens with one attached hydrogen (secondary N) is 1. The third-order valence-corrected chi connectivity index (χ3v) is 4.61. The van der Waals surface area contributed by atoms with Gasteiger partial charge < -0.3 is 5.32 Å². The summed E-state index contributed by atoms with van der Waals surface area (Å²) in [4.78, 5) is 1.50. The van der Waals surface area contributed by atoms with Gasteiger partial charge in [0.2, 0.25) is 0 Å². The maximum absolute atomic E-state index is 6.04. The van der Waals surface area contributed by atoms with E-state index in [0.717, 1.165) is 10.9 Å². The molecule has 1 aliphatic rings. The third-order valence-electron chi connectivity index (χ3n) is 3.27. The molecule has 1 nitrogen and oxygen atoms in total. The molecule has 1 N–H and O–H groups in total. The van der Waals surface area contributed by atoms with E-state index in [1.54, 1.807) is 11.3 Å². The van der Waals surface area contributed by atoms with Gasteiger partial charge in [-0.2, -0.15) is 0 Å². The molecular weight excluding hydrogens is 238 g/mol. The molecule has 0 fully saturated rings. The van der Waals surface area contributed by atoms with Crippen molar-refractivity contribution < 1.29 is 0 Å². The molecule has 1 atom stereocenters. The highest BCUT2D eigenvalue weighted by Gasteiger charge is 2.24. The molecule has 2 rings (SSSR count). The van der Waals surface area contributed by atoms with Gasteiger partial charge in [0.1, 0.15) is 0 Å². The molecule has 0 aromatic carbocycles. The summed E-state index contributed by atoms with van der Waals surface area (Å²) < 4.78 is 0.947. The van der Waals surface area contributed by atoms with Crippen molar-refractivity contribution in [3.05, 3.63) is 20.8 Å². The normalized spacial score (nSPS) is 19.0. The van der Waals surface area contributed by atoms with E-state index in [-0.39, 0.29) is 0 Å². The highest BCUT2D eigenvalue weighted by Crippen LogP contribution is 2.39. The number of hydrogen-bond donors (Lipinski definition) is 1. The van der Waals surface area contributed by atoms with E-state index < -0.39 is 0 Å². The SMILES string of the molecule is CCCCCCNC1CCc2sc(Cl)cc21. The molecule has 0 bridgehead atoms. The molecular formula is C13H20ClNS. The first-order valence-electron chi connectivity index (χ1n) is 6.32. The van der Waals surface area contributed by atoms with Gasteiger partial charge in [-0.1, -0.05) is 37.8 Å². The summed E-state index contributed by atoms with van der Waals surface area (Å²) in [7, 11) is 0. The number of aryl methyl sites for hydroxylation is 1. The Labute approximate surface area is 107 Å². The molecule has 1 heterocycles. The van der Waals surface area contributed by atoms with E-state index in [2.05, 4.69) is 18.3 Å². The van der Waals surface area contributed by atoms with E-state index >= 15 is 0 Å². The first kappa shape index (κ1) is 12.4. The lowest BCUT2D eigenvalue weighted by atomic mass is 10.1. The van der Waals surface area contributed by atoms with Crippen molar-refractivity contribution in [2.24, 2.45) is 0 Å². The fraction of sp³-hybridized carbons (Fsp3) is 0.692. The lowest BCUT2D eigenvalue weighted by Gasteiger charge is -2.12. The second-order valence-corrected chi connectivity index (χ2v) is 6.30. The van der Waals surface area contributed by atoms with Crippen LogP contribution in [-0.4, -0.2) is 6.54 Å². The van der Waals surface area contributed by atoms with Crippen LogP contribution in [0.5, 0.6) is 0 Å². The summed E-state index contributed by atoms with van der Waals surface area (Å²) in [5, 5.41) is 3.66. The van der Waals surface area contributed by atoms with Crippen molar-refractivity contribution in [2.75, 3.05) is 6.54 Å². The van der Waals surface area contributed by atoms with Crippen molar-refractivity contribution in [1.82, 2.24) is 5.32 Å². The molecule has 1 aliphatic carbocycles. The van der Waals surface area contributed by atoms with Crippen molar-refractivity contribution in [2.45, 2.75) is 51.5 Å². The zero-order valence-electron chi connectivity index (χ0n) is 9.89. The van der Waals surface area contributed by atoms with Gasteiger partial charge in [-0.05, 0) is 37.4 Å². The summed E-state index contributed by atoms with van der Waals surface area (Å²) >= 11 is 7.79. The van der Waals surface area contributed by atoms with Crippen LogP contribution in [0.4, 0.5) is 0 Å². The lowest BCUT2D eigenvalue weighted by molar-refractivity contribution is 0.506. The number of thiophene rings is 1. The Morgan fingerprint density at radius 2 is 2.31 bits per heavy atom. The smallest absolute Gasteiger partial charge is 0.0934 e. The Morgan fingerprint density at radius 3 is 3.12 bits per heavy atom. The molecule has 0 spiro atoms. The van der Waals surface area contributed by atoms with Gasteiger partial charge in [0, 0.05) is 10.9 Å². The molecule has 1 aromatic heterocycles. The van der Waals surface area contributed by atoms with Crippen LogP contribution in [0.2, 0.25) is 4.34 Å². The zero-order chi connectivity index (χ0) is 11.4. The van der Waals surface area contributed by atoms with E-state index in [1.807, 2.05) is 0 Å². The largest absolute Gasteiger partial charge is 0.310 e. The summed E-state index contributed by atoms with van der Waals surface area (Å²) in [5.41, 5.74) is 1.46. The van der Waals surface area contributed by atoms with E-state index in [4.69, 9.17) is 11.6 Å². The maximum Gasteiger partial charge on any atom is 0.0934 e. The summed E-state index contributed by atoms with van der Waals surface area (Å²) in [5.74, 6) is 0. The number of unbranched alkanes of at least 4 members (excludes halogenated alkanes) is 3. The fourth-order valence-electron chi connectivity index (χ4n) is 2.37. The van der Waals surface area contributed by atoms with E-state index in [9.17, 15) is 0 Å². The summed E-state index contributed by atoms with van der Waals surface area (Å²) in [6, 6.07) is 2.72. The molecule has 1 aromatic rings. The molecule has 0 radical (unpaired) electrons. The molecule has 1 unspecified atom stereocenters. The van der Waals surface area contributed by atoms with Crippen LogP contribution in [0.3, 0.4) is 0 Å². The Balaban J connectivity index is 1.75. The minimum atomic E-state index is 0.570. The molecule has 3 heteroatoms. The van der Waals surface area contributed by atoms with Crippen LogP contribution in [0.25, 0.3) is 0 Å². The average Bonchev–Trinajstić information content (AvgIpc) is 2.78. The molecule has 90 valence electrons. The summed E-state index contributed by atoms with van der Waals surface area (Å²) in [6.45, 7) is 3.40. The van der Waals surface area contributed by atoms with Gasteiger partial charge in [-0.3, -0.25) is 0 Å².